The van der Waals surface area contributed by atoms with Gasteiger partial charge in [0.2, 0.25) is 0 Å². The first kappa shape index (κ1) is 11.3. The molecule has 0 aliphatic heterocycles. The maximum Gasteiger partial charge on any atom is 0.123 e. The van der Waals surface area contributed by atoms with Crippen molar-refractivity contribution in [3.8, 4) is 0 Å². The Bertz CT molecular complexity index is 319. The molecule has 0 unspecified atom stereocenters. The molecule has 0 N–H and O–H groups in total. The summed E-state index contributed by atoms with van der Waals surface area (Å²) in [5.41, 5.74) is 1.09. The number of nitrogens with zero attached hydrogens (tertiary/aromatic N) is 2. The van der Waals surface area contributed by atoms with Crippen molar-refractivity contribution in [2.24, 2.45) is 0 Å². The fourth-order valence-electron chi connectivity index (χ4n) is 0.710. The topological polar surface area (TPSA) is 25.8 Å². The second kappa shape index (κ2) is 6.62. The molecule has 0 spiro atoms. The van der Waals surface area contributed by atoms with Gasteiger partial charge in [-0.15, -0.1) is 5.10 Å². The van der Waals surface area contributed by atoms with Crippen molar-refractivity contribution in [2.45, 2.75) is 5.33 Å². The van der Waals surface area contributed by atoms with E-state index in [0.717, 1.165) is 10.9 Å². The van der Waals surface area contributed by atoms with Crippen LogP contribution in [0.3, 0.4) is 0 Å². The van der Waals surface area contributed by atoms with Gasteiger partial charge in [0, 0.05) is 10.7 Å². The Balaban J connectivity index is 0.000000165. The summed E-state index contributed by atoms with van der Waals surface area (Å²) in [7, 11) is 0. The van der Waals surface area contributed by atoms with Crippen molar-refractivity contribution in [1.82, 2.24) is 9.59 Å². The van der Waals surface area contributed by atoms with Crippen LogP contribution in [0.5, 0.6) is 0 Å². The molecular formula is C9H8BrFN2S. The molecule has 0 saturated carbocycles. The molecule has 0 atom stereocenters. The molecule has 0 fully saturated rings. The molecule has 0 radical (unpaired) electrons. The Morgan fingerprint density at radius 1 is 1.29 bits per heavy atom. The first-order chi connectivity index (χ1) is 6.83. The molecular weight excluding hydrogens is 267 g/mol. The fraction of sp³-hybridized carbons (Fsp3) is 0.111. The van der Waals surface area contributed by atoms with Gasteiger partial charge in [0.25, 0.3) is 0 Å². The standard InChI is InChI=1S/C7H6BrF.C2H2N2S/c8-5-6-1-3-7(9)4-2-6;1-2-5-4-3-1/h1-4H,5H2;1-2H. The van der Waals surface area contributed by atoms with Crippen LogP contribution in [0.1, 0.15) is 5.56 Å². The van der Waals surface area contributed by atoms with Crippen LogP contribution in [-0.2, 0) is 5.33 Å². The van der Waals surface area contributed by atoms with E-state index in [0.29, 0.717) is 0 Å². The van der Waals surface area contributed by atoms with Gasteiger partial charge in [0.05, 0.1) is 6.20 Å². The minimum absolute atomic E-state index is 0.181. The number of rotatable bonds is 1. The lowest BCUT2D eigenvalue weighted by Gasteiger charge is -1.91. The lowest BCUT2D eigenvalue weighted by molar-refractivity contribution is 0.627. The third-order valence-corrected chi connectivity index (χ3v) is 2.43. The van der Waals surface area contributed by atoms with Gasteiger partial charge in [-0.25, -0.2) is 4.39 Å². The van der Waals surface area contributed by atoms with E-state index in [-0.39, 0.29) is 5.82 Å². The smallest absolute Gasteiger partial charge is 0.123 e. The highest BCUT2D eigenvalue weighted by Gasteiger charge is 1.88. The quantitative estimate of drug-likeness (QED) is 0.746. The molecule has 74 valence electrons. The highest BCUT2D eigenvalue weighted by atomic mass is 79.9. The third kappa shape index (κ3) is 4.43. The molecule has 0 bridgehead atoms. The van der Waals surface area contributed by atoms with Gasteiger partial charge in [-0.2, -0.15) is 0 Å². The van der Waals surface area contributed by atoms with Gasteiger partial charge in [0.15, 0.2) is 0 Å². The molecule has 0 amide bonds. The van der Waals surface area contributed by atoms with E-state index < -0.39 is 0 Å². The van der Waals surface area contributed by atoms with Crippen molar-refractivity contribution >= 4 is 27.5 Å². The Kier molecular flexibility index (Phi) is 5.32. The second-order valence-corrected chi connectivity index (χ2v) is 3.55. The zero-order chi connectivity index (χ0) is 10.2. The number of benzene rings is 1. The summed E-state index contributed by atoms with van der Waals surface area (Å²) < 4.78 is 15.7. The van der Waals surface area contributed by atoms with Gasteiger partial charge < -0.3 is 0 Å². The average molecular weight is 275 g/mol. The predicted octanol–water partition coefficient (Wildman–Crippen LogP) is 3.26. The zero-order valence-electron chi connectivity index (χ0n) is 7.23. The fourth-order valence-corrected chi connectivity index (χ4v) is 1.36. The van der Waals surface area contributed by atoms with E-state index in [2.05, 4.69) is 25.5 Å². The molecule has 5 heteroatoms. The summed E-state index contributed by atoms with van der Waals surface area (Å²) in [5.74, 6) is -0.181. The largest absolute Gasteiger partial charge is 0.207 e. The van der Waals surface area contributed by atoms with Crippen LogP contribution in [0, 0.1) is 5.82 Å². The summed E-state index contributed by atoms with van der Waals surface area (Å²) in [6.45, 7) is 0. The molecule has 1 heterocycles. The molecule has 0 saturated heterocycles. The van der Waals surface area contributed by atoms with Crippen molar-refractivity contribution in [3.63, 3.8) is 0 Å². The van der Waals surface area contributed by atoms with Crippen LogP contribution >= 0.6 is 27.5 Å². The van der Waals surface area contributed by atoms with Crippen LogP contribution < -0.4 is 0 Å². The Hall–Kier alpha value is -0.810. The summed E-state index contributed by atoms with van der Waals surface area (Å²) in [5, 5.41) is 6.10. The number of hydrogen-bond acceptors (Lipinski definition) is 3. The average Bonchev–Trinajstić information content (AvgIpc) is 2.77. The Morgan fingerprint density at radius 3 is 2.36 bits per heavy atom. The molecule has 0 aliphatic carbocycles. The van der Waals surface area contributed by atoms with Crippen molar-refractivity contribution < 1.29 is 4.39 Å². The lowest BCUT2D eigenvalue weighted by Crippen LogP contribution is -1.76. The van der Waals surface area contributed by atoms with E-state index in [9.17, 15) is 4.39 Å². The molecule has 14 heavy (non-hydrogen) atoms. The maximum atomic E-state index is 12.2. The lowest BCUT2D eigenvalue weighted by atomic mass is 10.2. The number of aromatic nitrogens is 2. The first-order valence-electron chi connectivity index (χ1n) is 3.84. The second-order valence-electron chi connectivity index (χ2n) is 2.35. The van der Waals surface area contributed by atoms with Crippen LogP contribution in [-0.4, -0.2) is 9.59 Å². The third-order valence-electron chi connectivity index (χ3n) is 1.35. The van der Waals surface area contributed by atoms with Crippen LogP contribution in [0.15, 0.2) is 35.8 Å². The van der Waals surface area contributed by atoms with Crippen molar-refractivity contribution in [3.05, 3.63) is 47.2 Å². The van der Waals surface area contributed by atoms with E-state index in [4.69, 9.17) is 0 Å². The van der Waals surface area contributed by atoms with E-state index in [1.165, 1.54) is 23.7 Å². The summed E-state index contributed by atoms with van der Waals surface area (Å²) in [4.78, 5) is 0. The van der Waals surface area contributed by atoms with E-state index in [1.807, 2.05) is 5.38 Å². The normalized spacial score (nSPS) is 9.00. The Morgan fingerprint density at radius 2 is 2.00 bits per heavy atom. The molecule has 1 aromatic heterocycles. The number of hydrogen-bond donors (Lipinski definition) is 0. The molecule has 1 aromatic carbocycles. The van der Waals surface area contributed by atoms with Crippen molar-refractivity contribution in [2.75, 3.05) is 0 Å². The van der Waals surface area contributed by atoms with E-state index >= 15 is 0 Å². The molecule has 2 aromatic rings. The van der Waals surface area contributed by atoms with Gasteiger partial charge in [-0.1, -0.05) is 32.6 Å². The van der Waals surface area contributed by atoms with Crippen LogP contribution in [0.4, 0.5) is 4.39 Å². The van der Waals surface area contributed by atoms with Gasteiger partial charge >= 0.3 is 0 Å². The minimum atomic E-state index is -0.181. The number of alkyl halides is 1. The van der Waals surface area contributed by atoms with Gasteiger partial charge in [0.1, 0.15) is 5.82 Å². The van der Waals surface area contributed by atoms with E-state index in [1.54, 1.807) is 18.3 Å². The zero-order valence-corrected chi connectivity index (χ0v) is 9.63. The summed E-state index contributed by atoms with van der Waals surface area (Å²) in [6, 6.07) is 6.42. The highest BCUT2D eigenvalue weighted by molar-refractivity contribution is 9.08. The minimum Gasteiger partial charge on any atom is -0.207 e. The van der Waals surface area contributed by atoms with Crippen LogP contribution in [0.2, 0.25) is 0 Å². The monoisotopic (exact) mass is 274 g/mol. The van der Waals surface area contributed by atoms with Gasteiger partial charge in [-0.05, 0) is 29.2 Å². The van der Waals surface area contributed by atoms with Gasteiger partial charge in [-0.3, -0.25) is 0 Å². The highest BCUT2D eigenvalue weighted by Crippen LogP contribution is 2.05. The van der Waals surface area contributed by atoms with Crippen molar-refractivity contribution in [1.29, 1.82) is 0 Å². The molecule has 2 rings (SSSR count). The Labute approximate surface area is 94.1 Å². The van der Waals surface area contributed by atoms with Crippen LogP contribution in [0.25, 0.3) is 0 Å². The molecule has 2 nitrogen and oxygen atoms in total. The molecule has 0 aliphatic rings. The SMILES string of the molecule is Fc1ccc(CBr)cc1.c1csnn1. The first-order valence-corrected chi connectivity index (χ1v) is 5.80. The predicted molar refractivity (Wildman–Crippen MR) is 58.9 cm³/mol. The number of halogens is 2. The maximum absolute atomic E-state index is 12.2. The summed E-state index contributed by atoms with van der Waals surface area (Å²) >= 11 is 4.61. The summed E-state index contributed by atoms with van der Waals surface area (Å²) in [6.07, 6.45) is 1.66.